The number of esters is 3. The van der Waals surface area contributed by atoms with Crippen molar-refractivity contribution in [2.45, 2.75) is 52.1 Å². The number of rotatable bonds is 24. The molecule has 0 fully saturated rings. The Morgan fingerprint density at radius 2 is 0.902 bits per heavy atom. The summed E-state index contributed by atoms with van der Waals surface area (Å²) in [5.74, 6) is -1.85. The van der Waals surface area contributed by atoms with Crippen molar-refractivity contribution < 1.29 is 66.4 Å². The van der Waals surface area contributed by atoms with E-state index in [9.17, 15) is 18.9 Å². The van der Waals surface area contributed by atoms with Crippen LogP contribution >= 0.6 is 7.82 Å². The predicted octanol–water partition coefficient (Wildman–Crippen LogP) is 1.89. The average molecular weight is 611 g/mol. The third kappa shape index (κ3) is 20.2. The molecule has 0 saturated heterocycles. The second kappa shape index (κ2) is 20.5. The van der Waals surface area contributed by atoms with E-state index in [1.165, 1.54) is 6.92 Å². The third-order valence-electron chi connectivity index (χ3n) is 4.81. The molecule has 0 spiro atoms. The molecule has 0 amide bonds. The fourth-order valence-corrected chi connectivity index (χ4v) is 3.65. The zero-order valence-electron chi connectivity index (χ0n) is 24.1. The molecule has 0 aliphatic heterocycles. The van der Waals surface area contributed by atoms with E-state index in [0.717, 1.165) is 18.2 Å². The van der Waals surface area contributed by atoms with E-state index in [1.54, 1.807) is 20.8 Å². The first-order valence-corrected chi connectivity index (χ1v) is 14.2. The van der Waals surface area contributed by atoms with Gasteiger partial charge in [-0.2, -0.15) is 0 Å². The van der Waals surface area contributed by atoms with E-state index in [0.29, 0.717) is 0 Å². The highest BCUT2D eigenvalue weighted by Gasteiger charge is 2.34. The highest BCUT2D eigenvalue weighted by Crippen LogP contribution is 2.37. The van der Waals surface area contributed by atoms with Crippen LogP contribution in [-0.4, -0.2) is 105 Å². The summed E-state index contributed by atoms with van der Waals surface area (Å²) in [6, 6.07) is 0. The second-order valence-electron chi connectivity index (χ2n) is 9.32. The van der Waals surface area contributed by atoms with Gasteiger partial charge in [0.25, 0.3) is 0 Å². The summed E-state index contributed by atoms with van der Waals surface area (Å²) in [7, 11) is -4.73. The van der Waals surface area contributed by atoms with Crippen LogP contribution in [0.5, 0.6) is 0 Å². The summed E-state index contributed by atoms with van der Waals surface area (Å²) in [5, 5.41) is 0. The number of phosphoric acid groups is 1. The Hall–Kier alpha value is -2.42. The molecule has 0 aromatic heterocycles. The Morgan fingerprint density at radius 1 is 0.634 bits per heavy atom. The van der Waals surface area contributed by atoms with Crippen molar-refractivity contribution in [1.82, 2.24) is 0 Å². The molecule has 0 rings (SSSR count). The summed E-state index contributed by atoms with van der Waals surface area (Å²) in [6.07, 6.45) is 0.275. The number of hydrogen-bond acceptors (Lipinski definition) is 12. The smallest absolute Gasteiger partial charge is 0.457 e. The van der Waals surface area contributed by atoms with Gasteiger partial charge in [0.2, 0.25) is 0 Å². The number of ether oxygens (including phenoxy) is 7. The van der Waals surface area contributed by atoms with Gasteiger partial charge in [-0.05, 0) is 27.7 Å². The highest BCUT2D eigenvalue weighted by molar-refractivity contribution is 7.46. The lowest BCUT2D eigenvalue weighted by atomic mass is 9.92. The summed E-state index contributed by atoms with van der Waals surface area (Å²) in [6.45, 7) is 15.9. The summed E-state index contributed by atoms with van der Waals surface area (Å²) < 4.78 is 54.3. The topological polar surface area (TPSA) is 183 Å². The van der Waals surface area contributed by atoms with Crippen LogP contribution in [0.2, 0.25) is 0 Å². The quantitative estimate of drug-likeness (QED) is 0.0699. The zero-order valence-corrected chi connectivity index (χ0v) is 25.0. The van der Waals surface area contributed by atoms with Crippen molar-refractivity contribution in [3.63, 3.8) is 0 Å². The Balaban J connectivity index is 5.64. The maximum Gasteiger partial charge on any atom is 0.469 e. The summed E-state index contributed by atoms with van der Waals surface area (Å²) in [4.78, 5) is 52.5. The third-order valence-corrected chi connectivity index (χ3v) is 5.45. The van der Waals surface area contributed by atoms with Gasteiger partial charge >= 0.3 is 25.7 Å². The van der Waals surface area contributed by atoms with Gasteiger partial charge < -0.3 is 42.9 Å². The summed E-state index contributed by atoms with van der Waals surface area (Å²) in [5.41, 5.74) is -1.03. The van der Waals surface area contributed by atoms with Crippen LogP contribution in [0.25, 0.3) is 0 Å². The van der Waals surface area contributed by atoms with Crippen LogP contribution in [0.15, 0.2) is 38.0 Å². The lowest BCUT2D eigenvalue weighted by molar-refractivity contribution is -0.155. The maximum absolute atomic E-state index is 11.5. The van der Waals surface area contributed by atoms with Crippen LogP contribution < -0.4 is 0 Å². The number of carbonyl (C=O) groups excluding carboxylic acids is 3. The number of phosphoric ester groups is 1. The van der Waals surface area contributed by atoms with Gasteiger partial charge in [0.15, 0.2) is 0 Å². The molecule has 0 aromatic rings. The average Bonchev–Trinajstić information content (AvgIpc) is 2.87. The van der Waals surface area contributed by atoms with E-state index >= 15 is 0 Å². The monoisotopic (exact) mass is 610 g/mol. The molecule has 41 heavy (non-hydrogen) atoms. The first-order valence-electron chi connectivity index (χ1n) is 12.7. The van der Waals surface area contributed by atoms with E-state index in [1.807, 2.05) is 0 Å². The minimum Gasteiger partial charge on any atom is -0.457 e. The zero-order chi connectivity index (χ0) is 31.5. The molecule has 0 aliphatic carbocycles. The second-order valence-corrected chi connectivity index (χ2v) is 10.5. The Labute approximate surface area is 240 Å². The fraction of sp³-hybridized carbons (Fsp3) is 0.654. The number of hydrogen-bond donors (Lipinski definition) is 2. The van der Waals surface area contributed by atoms with Gasteiger partial charge in [-0.15, -0.1) is 0 Å². The van der Waals surface area contributed by atoms with Crippen LogP contribution in [0, 0.1) is 5.41 Å². The van der Waals surface area contributed by atoms with Gasteiger partial charge in [0.1, 0.15) is 18.3 Å². The Kier molecular flexibility index (Phi) is 19.2. The van der Waals surface area contributed by atoms with Crippen molar-refractivity contribution in [3.8, 4) is 0 Å². The van der Waals surface area contributed by atoms with Gasteiger partial charge in [-0.25, -0.2) is 18.9 Å². The van der Waals surface area contributed by atoms with E-state index in [-0.39, 0.29) is 52.9 Å². The van der Waals surface area contributed by atoms with Gasteiger partial charge in [-0.1, -0.05) is 19.7 Å². The van der Waals surface area contributed by atoms with Crippen molar-refractivity contribution in [3.05, 3.63) is 38.0 Å². The highest BCUT2D eigenvalue weighted by atomic mass is 31.2. The molecule has 0 saturated carbocycles. The van der Waals surface area contributed by atoms with E-state index < -0.39 is 55.6 Å². The molecule has 0 aliphatic rings. The molecule has 4 unspecified atom stereocenters. The first kappa shape index (κ1) is 38.6. The van der Waals surface area contributed by atoms with Crippen molar-refractivity contribution in [2.75, 3.05) is 52.9 Å². The lowest BCUT2D eigenvalue weighted by Gasteiger charge is -2.34. The largest absolute Gasteiger partial charge is 0.469 e. The molecule has 4 atom stereocenters. The SMILES string of the molecule is C=CC(=O)OC(C)COCC(COCC(C)OC(=O)C=C)(COCC(C)OC(=O)C=C)COCC(C)OP(=O)(O)O. The van der Waals surface area contributed by atoms with Crippen LogP contribution in [0.3, 0.4) is 0 Å². The molecular formula is C26H43O14P. The number of carbonyl (C=O) groups is 3. The Bertz CT molecular complexity index is 802. The molecule has 236 valence electrons. The normalized spacial score (nSPS) is 15.9. The predicted molar refractivity (Wildman–Crippen MR) is 146 cm³/mol. The van der Waals surface area contributed by atoms with E-state index in [2.05, 4.69) is 24.3 Å². The molecule has 0 aromatic carbocycles. The molecule has 15 heteroatoms. The van der Waals surface area contributed by atoms with Crippen molar-refractivity contribution in [1.29, 1.82) is 0 Å². The molecule has 2 N–H and O–H groups in total. The standard InChI is InChI=1S/C26H43O14P/c1-8-23(27)37-19(4)11-33-15-26(16-34-12-20(5)38-24(28)9-2,17-35-13-21(6)39-25(29)10-3)18-36-14-22(7)40-41(30,31)32/h8-10,19-22H,1-3,11-18H2,4-7H3,(H2,30,31,32). The van der Waals surface area contributed by atoms with E-state index in [4.69, 9.17) is 42.9 Å². The maximum atomic E-state index is 11.5. The first-order chi connectivity index (χ1) is 19.1. The van der Waals surface area contributed by atoms with Gasteiger partial charge in [0, 0.05) is 18.2 Å². The molecular weight excluding hydrogens is 567 g/mol. The van der Waals surface area contributed by atoms with Crippen molar-refractivity contribution in [2.24, 2.45) is 5.41 Å². The van der Waals surface area contributed by atoms with Crippen LogP contribution in [0.4, 0.5) is 0 Å². The molecule has 0 bridgehead atoms. The minimum atomic E-state index is -4.73. The van der Waals surface area contributed by atoms with Gasteiger partial charge in [-0.3, -0.25) is 4.52 Å². The van der Waals surface area contributed by atoms with Crippen molar-refractivity contribution >= 4 is 25.7 Å². The summed E-state index contributed by atoms with van der Waals surface area (Å²) >= 11 is 0. The van der Waals surface area contributed by atoms with Crippen LogP contribution in [-0.2, 0) is 56.6 Å². The molecule has 0 radical (unpaired) electrons. The molecule has 14 nitrogen and oxygen atoms in total. The fourth-order valence-electron chi connectivity index (χ4n) is 3.12. The lowest BCUT2D eigenvalue weighted by Crippen LogP contribution is -2.44. The van der Waals surface area contributed by atoms with Gasteiger partial charge in [0.05, 0.1) is 64.4 Å². The van der Waals surface area contributed by atoms with Crippen LogP contribution in [0.1, 0.15) is 27.7 Å². The Morgan fingerprint density at radius 3 is 1.15 bits per heavy atom. The molecule has 0 heterocycles. The minimum absolute atomic E-state index is 0.000247.